The normalized spacial score (nSPS) is 14.2. The minimum atomic E-state index is -0.164. The molecule has 0 aromatic carbocycles. The lowest BCUT2D eigenvalue weighted by atomic mass is 9.86. The van der Waals surface area contributed by atoms with Crippen LogP contribution in [0.15, 0.2) is 12.7 Å². The fourth-order valence-corrected chi connectivity index (χ4v) is 1.78. The predicted octanol–water partition coefficient (Wildman–Crippen LogP) is 1.60. The molecule has 0 saturated carbocycles. The maximum atomic E-state index is 5.55. The Morgan fingerprint density at radius 1 is 1.54 bits per heavy atom. The number of methoxy groups -OCH3 is 1. The molecule has 0 rings (SSSR count). The number of hydrogen-bond donors (Lipinski definition) is 2. The number of hydrogen-bond acceptors (Lipinski definition) is 3. The molecule has 3 heteroatoms. The van der Waals surface area contributed by atoms with Crippen LogP contribution in [0.5, 0.6) is 0 Å². The molecule has 0 aliphatic carbocycles. The van der Waals surface area contributed by atoms with Gasteiger partial charge in [-0.15, -0.1) is 6.58 Å². The van der Waals surface area contributed by atoms with E-state index in [1.54, 1.807) is 7.11 Å². The van der Waals surface area contributed by atoms with Crippen LogP contribution in [-0.4, -0.2) is 18.8 Å². The Bertz CT molecular complexity index is 136. The lowest BCUT2D eigenvalue weighted by Gasteiger charge is -2.37. The molecule has 0 heterocycles. The van der Waals surface area contributed by atoms with Crippen LogP contribution in [0, 0.1) is 0 Å². The molecular weight excluding hydrogens is 164 g/mol. The van der Waals surface area contributed by atoms with Crippen molar-refractivity contribution >= 4 is 0 Å². The first kappa shape index (κ1) is 12.6. The van der Waals surface area contributed by atoms with E-state index in [1.807, 2.05) is 6.08 Å². The molecule has 0 aromatic heterocycles. The molecule has 1 unspecified atom stereocenters. The Hall–Kier alpha value is -0.380. The van der Waals surface area contributed by atoms with Crippen LogP contribution in [0.4, 0.5) is 0 Å². The fraction of sp³-hybridized carbons (Fsp3) is 0.800. The fourth-order valence-electron chi connectivity index (χ4n) is 1.78. The van der Waals surface area contributed by atoms with E-state index in [9.17, 15) is 0 Å². The van der Waals surface area contributed by atoms with Gasteiger partial charge in [-0.2, -0.15) is 0 Å². The lowest BCUT2D eigenvalue weighted by Crippen LogP contribution is -2.53. The van der Waals surface area contributed by atoms with Crippen molar-refractivity contribution in [1.29, 1.82) is 0 Å². The summed E-state index contributed by atoms with van der Waals surface area (Å²) in [6, 6.07) is 0.144. The van der Waals surface area contributed by atoms with E-state index in [0.29, 0.717) is 0 Å². The van der Waals surface area contributed by atoms with Crippen molar-refractivity contribution in [1.82, 2.24) is 5.43 Å². The van der Waals surface area contributed by atoms with E-state index in [2.05, 4.69) is 25.9 Å². The second-order valence-electron chi connectivity index (χ2n) is 3.22. The van der Waals surface area contributed by atoms with Gasteiger partial charge in [0.05, 0.1) is 11.6 Å². The summed E-state index contributed by atoms with van der Waals surface area (Å²) >= 11 is 0. The maximum absolute atomic E-state index is 5.55. The Kier molecular flexibility index (Phi) is 5.95. The molecule has 0 fully saturated rings. The van der Waals surface area contributed by atoms with Gasteiger partial charge in [-0.1, -0.05) is 19.9 Å². The molecule has 3 N–H and O–H groups in total. The van der Waals surface area contributed by atoms with Gasteiger partial charge in [0.25, 0.3) is 0 Å². The first-order valence-corrected chi connectivity index (χ1v) is 4.82. The van der Waals surface area contributed by atoms with E-state index < -0.39 is 0 Å². The molecule has 0 spiro atoms. The number of hydrazine groups is 1. The minimum absolute atomic E-state index is 0.144. The van der Waals surface area contributed by atoms with Crippen LogP contribution in [0.1, 0.15) is 33.1 Å². The SMILES string of the molecule is C=CCC(NN)C(CC)(CC)OC. The van der Waals surface area contributed by atoms with Crippen LogP contribution < -0.4 is 11.3 Å². The first-order valence-electron chi connectivity index (χ1n) is 4.82. The highest BCUT2D eigenvalue weighted by atomic mass is 16.5. The molecule has 0 bridgehead atoms. The summed E-state index contributed by atoms with van der Waals surface area (Å²) in [6.07, 6.45) is 4.58. The van der Waals surface area contributed by atoms with Crippen molar-refractivity contribution in [3.8, 4) is 0 Å². The highest BCUT2D eigenvalue weighted by molar-refractivity contribution is 4.93. The van der Waals surface area contributed by atoms with E-state index in [-0.39, 0.29) is 11.6 Å². The topological polar surface area (TPSA) is 47.3 Å². The van der Waals surface area contributed by atoms with E-state index in [1.165, 1.54) is 0 Å². The number of ether oxygens (including phenoxy) is 1. The second-order valence-corrected chi connectivity index (χ2v) is 3.22. The zero-order valence-electron chi connectivity index (χ0n) is 8.97. The summed E-state index contributed by atoms with van der Waals surface area (Å²) in [5.74, 6) is 5.49. The van der Waals surface area contributed by atoms with E-state index >= 15 is 0 Å². The van der Waals surface area contributed by atoms with Gasteiger partial charge in [0.2, 0.25) is 0 Å². The standard InChI is InChI=1S/C10H22N2O/c1-5-8-9(12-11)10(6-2,7-3)13-4/h5,9,12H,1,6-8,11H2,2-4H3. The zero-order valence-corrected chi connectivity index (χ0v) is 8.97. The lowest BCUT2D eigenvalue weighted by molar-refractivity contribution is -0.0466. The van der Waals surface area contributed by atoms with Crippen molar-refractivity contribution in [3.05, 3.63) is 12.7 Å². The zero-order chi connectivity index (χ0) is 10.3. The molecule has 0 aromatic rings. The third-order valence-electron chi connectivity index (χ3n) is 2.84. The quantitative estimate of drug-likeness (QED) is 0.361. The maximum Gasteiger partial charge on any atom is 0.0842 e. The van der Waals surface area contributed by atoms with Crippen LogP contribution in [0.2, 0.25) is 0 Å². The number of nitrogens with one attached hydrogen (secondary N) is 1. The number of nitrogens with two attached hydrogens (primary N) is 1. The van der Waals surface area contributed by atoms with Gasteiger partial charge < -0.3 is 4.74 Å². The van der Waals surface area contributed by atoms with Gasteiger partial charge in [0.15, 0.2) is 0 Å². The molecule has 1 atom stereocenters. The van der Waals surface area contributed by atoms with Gasteiger partial charge >= 0.3 is 0 Å². The first-order chi connectivity index (χ1) is 6.20. The molecule has 0 aliphatic rings. The van der Waals surface area contributed by atoms with Gasteiger partial charge in [0.1, 0.15) is 0 Å². The molecular formula is C10H22N2O. The van der Waals surface area contributed by atoms with Gasteiger partial charge in [-0.25, -0.2) is 0 Å². The monoisotopic (exact) mass is 186 g/mol. The van der Waals surface area contributed by atoms with Crippen molar-refractivity contribution < 1.29 is 4.74 Å². The summed E-state index contributed by atoms with van der Waals surface area (Å²) in [6.45, 7) is 7.94. The molecule has 0 amide bonds. The highest BCUT2D eigenvalue weighted by Crippen LogP contribution is 2.25. The number of rotatable bonds is 7. The predicted molar refractivity (Wildman–Crippen MR) is 56.2 cm³/mol. The Balaban J connectivity index is 4.54. The Morgan fingerprint density at radius 2 is 2.08 bits per heavy atom. The van der Waals surface area contributed by atoms with Crippen molar-refractivity contribution in [2.45, 2.75) is 44.8 Å². The summed E-state index contributed by atoms with van der Waals surface area (Å²) in [4.78, 5) is 0. The molecule has 3 nitrogen and oxygen atoms in total. The van der Waals surface area contributed by atoms with Crippen LogP contribution in [0.25, 0.3) is 0 Å². The van der Waals surface area contributed by atoms with Gasteiger partial charge in [-0.05, 0) is 19.3 Å². The van der Waals surface area contributed by atoms with E-state index in [0.717, 1.165) is 19.3 Å². The minimum Gasteiger partial charge on any atom is -0.377 e. The smallest absolute Gasteiger partial charge is 0.0842 e. The van der Waals surface area contributed by atoms with Crippen molar-refractivity contribution in [2.75, 3.05) is 7.11 Å². The third-order valence-corrected chi connectivity index (χ3v) is 2.84. The molecule has 0 aliphatic heterocycles. The summed E-state index contributed by atoms with van der Waals surface area (Å²) in [5.41, 5.74) is 2.64. The summed E-state index contributed by atoms with van der Waals surface area (Å²) < 4.78 is 5.55. The third kappa shape index (κ3) is 2.79. The molecule has 0 radical (unpaired) electrons. The largest absolute Gasteiger partial charge is 0.377 e. The van der Waals surface area contributed by atoms with Crippen LogP contribution >= 0.6 is 0 Å². The summed E-state index contributed by atoms with van der Waals surface area (Å²) in [7, 11) is 1.74. The van der Waals surface area contributed by atoms with E-state index in [4.69, 9.17) is 10.6 Å². The molecule has 78 valence electrons. The summed E-state index contributed by atoms with van der Waals surface area (Å²) in [5, 5.41) is 0. The highest BCUT2D eigenvalue weighted by Gasteiger charge is 2.34. The van der Waals surface area contributed by atoms with Crippen molar-refractivity contribution in [2.24, 2.45) is 5.84 Å². The van der Waals surface area contributed by atoms with Crippen molar-refractivity contribution in [3.63, 3.8) is 0 Å². The molecule has 0 saturated heterocycles. The van der Waals surface area contributed by atoms with Gasteiger partial charge in [-0.3, -0.25) is 11.3 Å². The van der Waals surface area contributed by atoms with Crippen LogP contribution in [-0.2, 0) is 4.74 Å². The van der Waals surface area contributed by atoms with Gasteiger partial charge in [0, 0.05) is 7.11 Å². The Morgan fingerprint density at radius 3 is 2.31 bits per heavy atom. The average Bonchev–Trinajstić information content (AvgIpc) is 2.19. The van der Waals surface area contributed by atoms with Crippen LogP contribution in [0.3, 0.4) is 0 Å². The second kappa shape index (κ2) is 6.13. The molecule has 13 heavy (non-hydrogen) atoms. The Labute approximate surface area is 81.3 Å². The average molecular weight is 186 g/mol.